The van der Waals surface area contributed by atoms with E-state index in [4.69, 9.17) is 14.3 Å². The van der Waals surface area contributed by atoms with E-state index in [1.54, 1.807) is 19.4 Å². The van der Waals surface area contributed by atoms with Crippen molar-refractivity contribution in [2.24, 2.45) is 0 Å². The maximum absolute atomic E-state index is 5.78. The molecule has 5 heteroatoms. The molecule has 0 aromatic heterocycles. The van der Waals surface area contributed by atoms with Crippen molar-refractivity contribution in [3.05, 3.63) is 60.3 Å². The molecule has 0 saturated heterocycles. The summed E-state index contributed by atoms with van der Waals surface area (Å²) in [5.41, 5.74) is 4.92. The third kappa shape index (κ3) is 2.72. The van der Waals surface area contributed by atoms with Crippen LogP contribution in [0.25, 0.3) is 5.76 Å². The second kappa shape index (κ2) is 5.66. The number of methoxy groups -OCH3 is 2. The zero-order chi connectivity index (χ0) is 14.7. The third-order valence-corrected chi connectivity index (χ3v) is 3.18. The Morgan fingerprint density at radius 1 is 0.857 bits per heavy atom. The van der Waals surface area contributed by atoms with E-state index in [0.717, 1.165) is 28.5 Å². The molecule has 0 fully saturated rings. The minimum atomic E-state index is 0.744. The molecular weight excluding hydrogens is 268 g/mol. The molecule has 0 spiro atoms. The van der Waals surface area contributed by atoms with E-state index in [2.05, 4.69) is 5.43 Å². The highest BCUT2D eigenvalue weighted by atomic mass is 16.7. The summed E-state index contributed by atoms with van der Waals surface area (Å²) in [7, 11) is 3.29. The molecule has 5 nitrogen and oxygen atoms in total. The molecule has 2 aromatic carbocycles. The zero-order valence-electron chi connectivity index (χ0n) is 11.9. The summed E-state index contributed by atoms with van der Waals surface area (Å²) in [5, 5.41) is 1.60. The number of anilines is 1. The molecule has 1 N–H and O–H groups in total. The standard InChI is InChI=1S/C16H16N2O3/c1-19-14-7-3-12(4-8-14)16-11-17-18(21-16)13-5-9-15(20-2)10-6-13/h3-11,17H,1-2H3. The van der Waals surface area contributed by atoms with E-state index in [-0.39, 0.29) is 0 Å². The molecule has 1 aliphatic heterocycles. The smallest absolute Gasteiger partial charge is 0.182 e. The van der Waals surface area contributed by atoms with Gasteiger partial charge in [0.15, 0.2) is 5.76 Å². The van der Waals surface area contributed by atoms with Crippen LogP contribution in [0.15, 0.2) is 54.7 Å². The maximum Gasteiger partial charge on any atom is 0.182 e. The van der Waals surface area contributed by atoms with E-state index in [0.29, 0.717) is 0 Å². The number of hydrazine groups is 1. The molecule has 21 heavy (non-hydrogen) atoms. The molecular formula is C16H16N2O3. The molecule has 0 unspecified atom stereocenters. The van der Waals surface area contributed by atoms with Crippen molar-refractivity contribution >= 4 is 11.4 Å². The number of benzene rings is 2. The van der Waals surface area contributed by atoms with Crippen LogP contribution in [0.4, 0.5) is 5.69 Å². The first kappa shape index (κ1) is 13.2. The SMILES string of the molecule is COc1ccc(C2=CNN(c3ccc(OC)cc3)O2)cc1. The van der Waals surface area contributed by atoms with Gasteiger partial charge in [0.25, 0.3) is 0 Å². The van der Waals surface area contributed by atoms with Crippen LogP contribution < -0.4 is 20.1 Å². The average Bonchev–Trinajstić information content (AvgIpc) is 3.05. The first-order chi connectivity index (χ1) is 10.3. The number of rotatable bonds is 4. The molecule has 0 saturated carbocycles. The highest BCUT2D eigenvalue weighted by Crippen LogP contribution is 2.27. The Balaban J connectivity index is 1.71. The topological polar surface area (TPSA) is 43.0 Å². The highest BCUT2D eigenvalue weighted by Gasteiger charge is 2.17. The van der Waals surface area contributed by atoms with Crippen LogP contribution in [0.3, 0.4) is 0 Å². The Morgan fingerprint density at radius 3 is 2.00 bits per heavy atom. The lowest BCUT2D eigenvalue weighted by atomic mass is 10.2. The van der Waals surface area contributed by atoms with Crippen molar-refractivity contribution in [1.82, 2.24) is 5.43 Å². The fourth-order valence-electron chi connectivity index (χ4n) is 2.00. The van der Waals surface area contributed by atoms with Gasteiger partial charge in [-0.05, 0) is 48.5 Å². The van der Waals surface area contributed by atoms with Gasteiger partial charge in [-0.25, -0.2) is 0 Å². The van der Waals surface area contributed by atoms with Crippen LogP contribution in [-0.2, 0) is 4.84 Å². The van der Waals surface area contributed by atoms with Crippen LogP contribution in [0.2, 0.25) is 0 Å². The third-order valence-electron chi connectivity index (χ3n) is 3.18. The summed E-state index contributed by atoms with van der Waals surface area (Å²) >= 11 is 0. The van der Waals surface area contributed by atoms with Crippen molar-refractivity contribution in [2.75, 3.05) is 19.4 Å². The van der Waals surface area contributed by atoms with E-state index < -0.39 is 0 Å². The minimum Gasteiger partial charge on any atom is -0.497 e. The summed E-state index contributed by atoms with van der Waals surface area (Å²) in [6, 6.07) is 15.3. The molecule has 2 aromatic rings. The first-order valence-corrected chi connectivity index (χ1v) is 6.53. The van der Waals surface area contributed by atoms with Crippen LogP contribution in [0, 0.1) is 0 Å². The molecule has 108 valence electrons. The molecule has 0 amide bonds. The van der Waals surface area contributed by atoms with Crippen LogP contribution in [-0.4, -0.2) is 14.2 Å². The summed E-state index contributed by atoms with van der Waals surface area (Å²) < 4.78 is 10.3. The monoisotopic (exact) mass is 284 g/mol. The quantitative estimate of drug-likeness (QED) is 0.935. The summed E-state index contributed by atoms with van der Waals surface area (Å²) in [6.07, 6.45) is 1.81. The number of hydrogen-bond donors (Lipinski definition) is 1. The second-order valence-electron chi connectivity index (χ2n) is 4.45. The first-order valence-electron chi connectivity index (χ1n) is 6.53. The van der Waals surface area contributed by atoms with Gasteiger partial charge in [-0.1, -0.05) is 0 Å². The van der Waals surface area contributed by atoms with Gasteiger partial charge < -0.3 is 14.3 Å². The van der Waals surface area contributed by atoms with Crippen molar-refractivity contribution < 1.29 is 14.3 Å². The predicted molar refractivity (Wildman–Crippen MR) is 80.7 cm³/mol. The van der Waals surface area contributed by atoms with E-state index in [9.17, 15) is 0 Å². The molecule has 0 atom stereocenters. The summed E-state index contributed by atoms with van der Waals surface area (Å²) in [6.45, 7) is 0. The lowest BCUT2D eigenvalue weighted by molar-refractivity contribution is 0.243. The van der Waals surface area contributed by atoms with E-state index >= 15 is 0 Å². The summed E-state index contributed by atoms with van der Waals surface area (Å²) in [4.78, 5) is 5.78. The molecule has 1 aliphatic rings. The second-order valence-corrected chi connectivity index (χ2v) is 4.45. The fourth-order valence-corrected chi connectivity index (χ4v) is 2.00. The van der Waals surface area contributed by atoms with Gasteiger partial charge in [0, 0.05) is 5.56 Å². The van der Waals surface area contributed by atoms with E-state index in [1.807, 2.05) is 54.7 Å². The normalized spacial score (nSPS) is 13.2. The zero-order valence-corrected chi connectivity index (χ0v) is 11.9. The van der Waals surface area contributed by atoms with Gasteiger partial charge in [0.2, 0.25) is 0 Å². The van der Waals surface area contributed by atoms with Crippen molar-refractivity contribution in [3.63, 3.8) is 0 Å². The van der Waals surface area contributed by atoms with Crippen LogP contribution >= 0.6 is 0 Å². The predicted octanol–water partition coefficient (Wildman–Crippen LogP) is 2.96. The van der Waals surface area contributed by atoms with Gasteiger partial charge >= 0.3 is 0 Å². The number of nitrogens with one attached hydrogen (secondary N) is 1. The van der Waals surface area contributed by atoms with Gasteiger partial charge in [0.1, 0.15) is 11.5 Å². The molecule has 1 heterocycles. The molecule has 0 aliphatic carbocycles. The van der Waals surface area contributed by atoms with Gasteiger partial charge in [0.05, 0.1) is 26.1 Å². The van der Waals surface area contributed by atoms with Crippen molar-refractivity contribution in [2.45, 2.75) is 0 Å². The van der Waals surface area contributed by atoms with Crippen molar-refractivity contribution in [1.29, 1.82) is 0 Å². The lowest BCUT2D eigenvalue weighted by Crippen LogP contribution is -2.27. The maximum atomic E-state index is 5.78. The minimum absolute atomic E-state index is 0.744. The fraction of sp³-hybridized carbons (Fsp3) is 0.125. The van der Waals surface area contributed by atoms with Gasteiger partial charge in [-0.15, -0.1) is 5.17 Å². The Kier molecular flexibility index (Phi) is 3.55. The Labute approximate surface area is 123 Å². The number of hydrogen-bond acceptors (Lipinski definition) is 5. The lowest BCUT2D eigenvalue weighted by Gasteiger charge is -2.18. The van der Waals surface area contributed by atoms with Gasteiger partial charge in [-0.2, -0.15) is 0 Å². The largest absolute Gasteiger partial charge is 0.497 e. The molecule has 0 bridgehead atoms. The number of nitrogens with zero attached hydrogens (tertiary/aromatic N) is 1. The average molecular weight is 284 g/mol. The highest BCUT2D eigenvalue weighted by molar-refractivity contribution is 5.64. The van der Waals surface area contributed by atoms with Gasteiger partial charge in [-0.3, -0.25) is 5.43 Å². The van der Waals surface area contributed by atoms with Crippen LogP contribution in [0.1, 0.15) is 5.56 Å². The Bertz CT molecular complexity index is 636. The molecule has 3 rings (SSSR count). The van der Waals surface area contributed by atoms with E-state index in [1.165, 1.54) is 0 Å². The Morgan fingerprint density at radius 2 is 1.43 bits per heavy atom. The summed E-state index contributed by atoms with van der Waals surface area (Å²) in [5.74, 6) is 2.37. The number of ether oxygens (including phenoxy) is 2. The molecule has 0 radical (unpaired) electrons. The van der Waals surface area contributed by atoms with Crippen LogP contribution in [0.5, 0.6) is 11.5 Å². The Hall–Kier alpha value is -2.82. The van der Waals surface area contributed by atoms with Crippen molar-refractivity contribution in [3.8, 4) is 11.5 Å².